The lowest BCUT2D eigenvalue weighted by molar-refractivity contribution is -0.147. The Bertz CT molecular complexity index is 1460. The van der Waals surface area contributed by atoms with Crippen molar-refractivity contribution in [3.8, 4) is 10.4 Å². The van der Waals surface area contributed by atoms with Crippen molar-refractivity contribution in [1.82, 2.24) is 20.3 Å². The van der Waals surface area contributed by atoms with Crippen LogP contribution in [0.15, 0.2) is 36.7 Å². The van der Waals surface area contributed by atoms with Crippen molar-refractivity contribution in [2.45, 2.75) is 76.1 Å². The quantitative estimate of drug-likeness (QED) is 0.280. The minimum Gasteiger partial charge on any atom is -0.469 e. The monoisotopic (exact) mass is 617 g/mol. The molecular formula is C30H34F3N5O4S. The summed E-state index contributed by atoms with van der Waals surface area (Å²) >= 11 is 1.37. The van der Waals surface area contributed by atoms with Gasteiger partial charge in [0.05, 0.1) is 17.9 Å². The number of esters is 1. The van der Waals surface area contributed by atoms with Crippen LogP contribution in [0, 0.1) is 18.8 Å². The number of nitrogens with zero attached hydrogens (tertiary/aromatic N) is 3. The molecule has 1 aromatic carbocycles. The molecule has 2 aromatic heterocycles. The third-order valence-corrected chi connectivity index (χ3v) is 9.50. The van der Waals surface area contributed by atoms with Gasteiger partial charge in [0.1, 0.15) is 16.3 Å². The Hall–Kier alpha value is -3.58. The third kappa shape index (κ3) is 7.32. The number of ether oxygens (including phenoxy) is 1. The molecular weight excluding hydrogens is 583 g/mol. The summed E-state index contributed by atoms with van der Waals surface area (Å²) in [6.45, 7) is 1.87. The standard InChI is InChI=1S/C30H34F3N5O4S/c1-17-13-20(15-22(14-17)37-28-34-12-9-24(38-28)30(31,32)33)23-16-35-27(43-23)29(41)10-7-21(8-11-29)36-25(39)18-3-5-19(6-4-18)26(40)42-2/h9,12-16,18-19,21,41H,3-8,10-11H2,1-2H3,(H,36,39)(H,34,37,38). The fraction of sp³-hybridized carbons (Fsp3) is 0.500. The van der Waals surface area contributed by atoms with Crippen molar-refractivity contribution in [3.05, 3.63) is 52.9 Å². The molecule has 1 amide bonds. The number of aliphatic hydroxyl groups is 1. The van der Waals surface area contributed by atoms with Crippen LogP contribution in [0.1, 0.15) is 67.6 Å². The van der Waals surface area contributed by atoms with E-state index < -0.39 is 17.5 Å². The van der Waals surface area contributed by atoms with Gasteiger partial charge in [0.15, 0.2) is 0 Å². The van der Waals surface area contributed by atoms with Crippen LogP contribution in [0.25, 0.3) is 10.4 Å². The number of aryl methyl sites for hydroxylation is 1. The number of aromatic nitrogens is 3. The average Bonchev–Trinajstić information content (AvgIpc) is 3.49. The Balaban J connectivity index is 1.19. The zero-order chi connectivity index (χ0) is 30.8. The van der Waals surface area contributed by atoms with Crippen LogP contribution in [0.5, 0.6) is 0 Å². The number of alkyl halides is 3. The first-order chi connectivity index (χ1) is 20.4. The predicted octanol–water partition coefficient (Wildman–Crippen LogP) is 5.90. The van der Waals surface area contributed by atoms with Crippen LogP contribution in [-0.4, -0.2) is 45.1 Å². The van der Waals surface area contributed by atoms with Crippen molar-refractivity contribution < 1.29 is 32.6 Å². The second-order valence-electron chi connectivity index (χ2n) is 11.4. The number of benzene rings is 1. The van der Waals surface area contributed by atoms with Gasteiger partial charge in [0.2, 0.25) is 11.9 Å². The molecule has 13 heteroatoms. The highest BCUT2D eigenvalue weighted by atomic mass is 32.1. The number of hydrogen-bond donors (Lipinski definition) is 3. The van der Waals surface area contributed by atoms with E-state index in [9.17, 15) is 27.9 Å². The molecule has 2 heterocycles. The maximum absolute atomic E-state index is 13.1. The molecule has 0 bridgehead atoms. The lowest BCUT2D eigenvalue weighted by Gasteiger charge is -2.36. The van der Waals surface area contributed by atoms with Gasteiger partial charge in [-0.05, 0) is 87.6 Å². The molecule has 230 valence electrons. The number of thiazole rings is 1. The summed E-state index contributed by atoms with van der Waals surface area (Å²) in [5.41, 5.74) is 0.0492. The molecule has 0 saturated heterocycles. The maximum atomic E-state index is 13.1. The number of carbonyl (C=O) groups is 2. The van der Waals surface area contributed by atoms with E-state index in [1.165, 1.54) is 18.4 Å². The van der Waals surface area contributed by atoms with Crippen LogP contribution in [0.3, 0.4) is 0 Å². The van der Waals surface area contributed by atoms with Gasteiger partial charge in [-0.25, -0.2) is 15.0 Å². The summed E-state index contributed by atoms with van der Waals surface area (Å²) in [5, 5.41) is 18.1. The van der Waals surface area contributed by atoms with Gasteiger partial charge in [-0.2, -0.15) is 13.2 Å². The molecule has 2 saturated carbocycles. The van der Waals surface area contributed by atoms with E-state index in [2.05, 4.69) is 25.6 Å². The summed E-state index contributed by atoms with van der Waals surface area (Å²) < 4.78 is 44.0. The fourth-order valence-electron chi connectivity index (χ4n) is 5.86. The summed E-state index contributed by atoms with van der Waals surface area (Å²) in [4.78, 5) is 37.5. The molecule has 0 aliphatic heterocycles. The first-order valence-electron chi connectivity index (χ1n) is 14.3. The molecule has 3 aromatic rings. The Morgan fingerprint density at radius 3 is 2.42 bits per heavy atom. The van der Waals surface area contributed by atoms with Crippen LogP contribution in [0.4, 0.5) is 24.8 Å². The number of carbonyl (C=O) groups excluding carboxylic acids is 2. The van der Waals surface area contributed by atoms with Gasteiger partial charge in [-0.15, -0.1) is 11.3 Å². The van der Waals surface area contributed by atoms with Crippen LogP contribution in [-0.2, 0) is 26.1 Å². The Labute approximate surface area is 251 Å². The van der Waals surface area contributed by atoms with Crippen LogP contribution < -0.4 is 10.6 Å². The Kier molecular flexibility index (Phi) is 9.02. The van der Waals surface area contributed by atoms with E-state index in [1.54, 1.807) is 18.3 Å². The van der Waals surface area contributed by atoms with Gasteiger partial charge >= 0.3 is 12.1 Å². The van der Waals surface area contributed by atoms with Crippen molar-refractivity contribution in [3.63, 3.8) is 0 Å². The van der Waals surface area contributed by atoms with E-state index in [-0.39, 0.29) is 35.7 Å². The molecule has 2 aliphatic rings. The minimum absolute atomic E-state index is 0.00897. The molecule has 2 fully saturated rings. The topological polar surface area (TPSA) is 126 Å². The molecule has 5 rings (SSSR count). The lowest BCUT2D eigenvalue weighted by Crippen LogP contribution is -2.45. The third-order valence-electron chi connectivity index (χ3n) is 8.26. The second-order valence-corrected chi connectivity index (χ2v) is 12.4. The summed E-state index contributed by atoms with van der Waals surface area (Å²) in [7, 11) is 1.39. The average molecular weight is 618 g/mol. The predicted molar refractivity (Wildman–Crippen MR) is 154 cm³/mol. The van der Waals surface area contributed by atoms with E-state index in [1.807, 2.05) is 13.0 Å². The van der Waals surface area contributed by atoms with E-state index in [0.29, 0.717) is 62.1 Å². The summed E-state index contributed by atoms with van der Waals surface area (Å²) in [5.74, 6) is -0.607. The zero-order valence-corrected chi connectivity index (χ0v) is 24.7. The van der Waals surface area contributed by atoms with Gasteiger partial charge in [0.25, 0.3) is 0 Å². The number of nitrogens with one attached hydrogen (secondary N) is 2. The second kappa shape index (κ2) is 12.6. The summed E-state index contributed by atoms with van der Waals surface area (Å²) in [6.07, 6.45) is 2.93. The fourth-order valence-corrected chi connectivity index (χ4v) is 6.91. The van der Waals surface area contributed by atoms with Gasteiger partial charge < -0.3 is 20.5 Å². The number of anilines is 2. The molecule has 0 spiro atoms. The molecule has 0 unspecified atom stereocenters. The summed E-state index contributed by atoms with van der Waals surface area (Å²) in [6, 6.07) is 6.28. The smallest absolute Gasteiger partial charge is 0.433 e. The maximum Gasteiger partial charge on any atom is 0.433 e. The van der Waals surface area contributed by atoms with Gasteiger partial charge in [-0.1, -0.05) is 6.07 Å². The first-order valence-corrected chi connectivity index (χ1v) is 15.1. The SMILES string of the molecule is COC(=O)C1CCC(C(=O)NC2CCC(O)(c3ncc(-c4cc(C)cc(Nc5nccc(C(F)(F)F)n5)c4)s3)CC2)CC1. The Morgan fingerprint density at radius 2 is 1.74 bits per heavy atom. The molecule has 9 nitrogen and oxygen atoms in total. The molecule has 0 atom stereocenters. The van der Waals surface area contributed by atoms with Crippen molar-refractivity contribution >= 4 is 34.8 Å². The van der Waals surface area contributed by atoms with E-state index >= 15 is 0 Å². The highest BCUT2D eigenvalue weighted by molar-refractivity contribution is 7.15. The van der Waals surface area contributed by atoms with E-state index in [0.717, 1.165) is 28.3 Å². The Morgan fingerprint density at radius 1 is 1.05 bits per heavy atom. The van der Waals surface area contributed by atoms with Crippen LogP contribution in [0.2, 0.25) is 0 Å². The zero-order valence-electron chi connectivity index (χ0n) is 23.9. The molecule has 43 heavy (non-hydrogen) atoms. The molecule has 0 radical (unpaired) electrons. The van der Waals surface area contributed by atoms with Crippen molar-refractivity contribution in [2.75, 3.05) is 12.4 Å². The highest BCUT2D eigenvalue weighted by Gasteiger charge is 2.39. The normalized spacial score (nSPS) is 24.3. The van der Waals surface area contributed by atoms with Gasteiger partial charge in [-0.3, -0.25) is 9.59 Å². The number of amides is 1. The largest absolute Gasteiger partial charge is 0.469 e. The van der Waals surface area contributed by atoms with E-state index in [4.69, 9.17) is 4.74 Å². The number of halogens is 3. The van der Waals surface area contributed by atoms with Crippen molar-refractivity contribution in [2.24, 2.45) is 11.8 Å². The van der Waals surface area contributed by atoms with Gasteiger partial charge in [0, 0.05) is 30.0 Å². The first kappa shape index (κ1) is 30.9. The minimum atomic E-state index is -4.58. The molecule has 2 aliphatic carbocycles. The number of rotatable bonds is 7. The van der Waals surface area contributed by atoms with Crippen LogP contribution >= 0.6 is 11.3 Å². The number of methoxy groups -OCH3 is 1. The number of hydrogen-bond acceptors (Lipinski definition) is 9. The van der Waals surface area contributed by atoms with Crippen molar-refractivity contribution in [1.29, 1.82) is 0 Å². The highest BCUT2D eigenvalue weighted by Crippen LogP contribution is 2.42. The lowest BCUT2D eigenvalue weighted by atomic mass is 9.80. The molecule has 3 N–H and O–H groups in total.